The van der Waals surface area contributed by atoms with Crippen LogP contribution in [0.1, 0.15) is 12.5 Å². The van der Waals surface area contributed by atoms with Crippen molar-refractivity contribution < 1.29 is 22.7 Å². The van der Waals surface area contributed by atoms with Gasteiger partial charge in [0, 0.05) is 6.54 Å². The van der Waals surface area contributed by atoms with Crippen molar-refractivity contribution in [1.82, 2.24) is 10.0 Å². The number of hydrogen-bond acceptors (Lipinski definition) is 5. The molecule has 0 saturated carbocycles. The Morgan fingerprint density at radius 3 is 2.48 bits per heavy atom. The third kappa shape index (κ3) is 6.09. The summed E-state index contributed by atoms with van der Waals surface area (Å²) in [6.45, 7) is 5.19. The van der Waals surface area contributed by atoms with Crippen LogP contribution in [0.2, 0.25) is 0 Å². The highest BCUT2D eigenvalue weighted by Crippen LogP contribution is 2.11. The van der Waals surface area contributed by atoms with Gasteiger partial charge in [0.05, 0.1) is 11.5 Å². The molecule has 126 valence electrons. The molecule has 0 fully saturated rings. The van der Waals surface area contributed by atoms with Gasteiger partial charge in [0.15, 0.2) is 0 Å². The molecule has 0 aliphatic heterocycles. The van der Waals surface area contributed by atoms with Crippen LogP contribution >= 0.6 is 0 Å². The molecule has 1 atom stereocenters. The molecule has 0 saturated heterocycles. The Bertz CT molecular complexity index is 670. The Morgan fingerprint density at radius 2 is 1.96 bits per heavy atom. The zero-order valence-electron chi connectivity index (χ0n) is 12.6. The minimum Gasteiger partial charge on any atom is -0.365 e. The van der Waals surface area contributed by atoms with Crippen molar-refractivity contribution in [1.29, 1.82) is 0 Å². The zero-order valence-corrected chi connectivity index (χ0v) is 13.4. The predicted molar refractivity (Wildman–Crippen MR) is 83.8 cm³/mol. The zero-order chi connectivity index (χ0) is 17.5. The first-order valence-corrected chi connectivity index (χ1v) is 8.16. The standard InChI is InChI=1S/C14H19N3O5S/c1-3-8-22-10(2)13(18)17-23(20,21)12-6-4-11(5-7-12)9-16-14(15)19/h3-7,10H,1,8-9H2,2H3,(H,17,18)(H3,15,16,19)/t10-/m0/s1. The summed E-state index contributed by atoms with van der Waals surface area (Å²) >= 11 is 0. The molecule has 1 rings (SSSR count). The van der Waals surface area contributed by atoms with Gasteiger partial charge in [-0.05, 0) is 24.6 Å². The molecule has 3 amide bonds. The summed E-state index contributed by atoms with van der Waals surface area (Å²) in [7, 11) is -4.00. The highest BCUT2D eigenvalue weighted by Gasteiger charge is 2.21. The van der Waals surface area contributed by atoms with E-state index in [0.717, 1.165) is 0 Å². The summed E-state index contributed by atoms with van der Waals surface area (Å²) in [6, 6.07) is 4.98. The molecule has 4 N–H and O–H groups in total. The molecule has 8 nitrogen and oxygen atoms in total. The number of nitrogens with two attached hydrogens (primary N) is 1. The second kappa shape index (κ2) is 8.30. The Balaban J connectivity index is 2.74. The molecule has 0 spiro atoms. The summed E-state index contributed by atoms with van der Waals surface area (Å²) in [4.78, 5) is 22.3. The molecule has 23 heavy (non-hydrogen) atoms. The molecular formula is C14H19N3O5S. The van der Waals surface area contributed by atoms with Gasteiger partial charge in [0.25, 0.3) is 15.9 Å². The smallest absolute Gasteiger partial charge is 0.312 e. The number of urea groups is 1. The van der Waals surface area contributed by atoms with Gasteiger partial charge in [-0.15, -0.1) is 6.58 Å². The van der Waals surface area contributed by atoms with Crippen molar-refractivity contribution >= 4 is 22.0 Å². The maximum atomic E-state index is 12.1. The van der Waals surface area contributed by atoms with Crippen LogP contribution in [0.25, 0.3) is 0 Å². The number of amides is 3. The SMILES string of the molecule is C=CCO[C@@H](C)C(=O)NS(=O)(=O)c1ccc(CNC(N)=O)cc1. The summed E-state index contributed by atoms with van der Waals surface area (Å²) in [5, 5.41) is 2.38. The number of primary amides is 1. The summed E-state index contributed by atoms with van der Waals surface area (Å²) in [6.07, 6.45) is 0.527. The van der Waals surface area contributed by atoms with E-state index in [1.54, 1.807) is 0 Å². The van der Waals surface area contributed by atoms with E-state index >= 15 is 0 Å². The van der Waals surface area contributed by atoms with E-state index in [9.17, 15) is 18.0 Å². The Kier molecular flexibility index (Phi) is 6.73. The average Bonchev–Trinajstić information content (AvgIpc) is 2.50. The summed E-state index contributed by atoms with van der Waals surface area (Å²) < 4.78 is 31.2. The van der Waals surface area contributed by atoms with Crippen molar-refractivity contribution in [3.05, 3.63) is 42.5 Å². The number of sulfonamides is 1. The highest BCUT2D eigenvalue weighted by molar-refractivity contribution is 7.90. The van der Waals surface area contributed by atoms with E-state index in [4.69, 9.17) is 10.5 Å². The number of benzene rings is 1. The fourth-order valence-electron chi connectivity index (χ4n) is 1.54. The maximum absolute atomic E-state index is 12.1. The summed E-state index contributed by atoms with van der Waals surface area (Å²) in [5.74, 6) is -0.772. The van der Waals surface area contributed by atoms with Crippen molar-refractivity contribution in [3.63, 3.8) is 0 Å². The monoisotopic (exact) mass is 341 g/mol. The first kappa shape index (κ1) is 18.7. The van der Waals surface area contributed by atoms with Crippen LogP contribution in [0.15, 0.2) is 41.8 Å². The molecule has 0 heterocycles. The third-order valence-corrected chi connectivity index (χ3v) is 4.13. The van der Waals surface area contributed by atoms with Crippen LogP contribution in [0.3, 0.4) is 0 Å². The van der Waals surface area contributed by atoms with Gasteiger partial charge in [0.1, 0.15) is 6.10 Å². The van der Waals surface area contributed by atoms with Gasteiger partial charge < -0.3 is 15.8 Å². The molecule has 0 aliphatic rings. The van der Waals surface area contributed by atoms with Crippen LogP contribution in [-0.2, 0) is 26.1 Å². The normalized spacial score (nSPS) is 12.2. The van der Waals surface area contributed by atoms with E-state index in [0.29, 0.717) is 5.56 Å². The van der Waals surface area contributed by atoms with Gasteiger partial charge >= 0.3 is 6.03 Å². The van der Waals surface area contributed by atoms with Crippen molar-refractivity contribution in [2.45, 2.75) is 24.5 Å². The topological polar surface area (TPSA) is 128 Å². The van der Waals surface area contributed by atoms with Gasteiger partial charge in [0.2, 0.25) is 0 Å². The van der Waals surface area contributed by atoms with E-state index in [-0.39, 0.29) is 18.0 Å². The molecule has 0 aliphatic carbocycles. The quantitative estimate of drug-likeness (QED) is 0.584. The van der Waals surface area contributed by atoms with Crippen molar-refractivity contribution in [3.8, 4) is 0 Å². The van der Waals surface area contributed by atoms with Crippen molar-refractivity contribution in [2.24, 2.45) is 5.73 Å². The van der Waals surface area contributed by atoms with E-state index < -0.39 is 28.1 Å². The Hall–Kier alpha value is -2.39. The first-order valence-electron chi connectivity index (χ1n) is 6.67. The van der Waals surface area contributed by atoms with Crippen LogP contribution in [-0.4, -0.2) is 33.1 Å². The first-order chi connectivity index (χ1) is 10.8. The van der Waals surface area contributed by atoms with Crippen molar-refractivity contribution in [2.75, 3.05) is 6.61 Å². The fourth-order valence-corrected chi connectivity index (χ4v) is 2.58. The second-order valence-electron chi connectivity index (χ2n) is 4.60. The van der Waals surface area contributed by atoms with Gasteiger partial charge in [-0.25, -0.2) is 17.9 Å². The molecule has 1 aromatic carbocycles. The number of nitrogens with one attached hydrogen (secondary N) is 2. The number of hydrogen-bond donors (Lipinski definition) is 3. The van der Waals surface area contributed by atoms with Gasteiger partial charge in [-0.1, -0.05) is 18.2 Å². The van der Waals surface area contributed by atoms with E-state index in [1.807, 2.05) is 4.72 Å². The Labute approximate surface area is 134 Å². The molecular weight excluding hydrogens is 322 g/mol. The molecule has 0 aromatic heterocycles. The van der Waals surface area contributed by atoms with E-state index in [2.05, 4.69) is 11.9 Å². The average molecular weight is 341 g/mol. The van der Waals surface area contributed by atoms with Crippen LogP contribution in [0.5, 0.6) is 0 Å². The number of rotatable bonds is 8. The molecule has 0 bridgehead atoms. The lowest BCUT2D eigenvalue weighted by Crippen LogP contribution is -2.38. The lowest BCUT2D eigenvalue weighted by Gasteiger charge is -2.13. The summed E-state index contributed by atoms with van der Waals surface area (Å²) in [5.41, 5.74) is 5.61. The minimum atomic E-state index is -4.00. The van der Waals surface area contributed by atoms with Crippen LogP contribution in [0, 0.1) is 0 Å². The lowest BCUT2D eigenvalue weighted by atomic mass is 10.2. The molecule has 1 aromatic rings. The number of carbonyl (C=O) groups is 2. The van der Waals surface area contributed by atoms with Gasteiger partial charge in [-0.3, -0.25) is 4.79 Å². The maximum Gasteiger partial charge on any atom is 0.312 e. The largest absolute Gasteiger partial charge is 0.365 e. The van der Waals surface area contributed by atoms with Crippen LogP contribution in [0.4, 0.5) is 4.79 Å². The third-order valence-electron chi connectivity index (χ3n) is 2.77. The van der Waals surface area contributed by atoms with Crippen LogP contribution < -0.4 is 15.8 Å². The number of ether oxygens (including phenoxy) is 1. The number of carbonyl (C=O) groups excluding carboxylic acids is 2. The predicted octanol–water partition coefficient (Wildman–Crippen LogP) is 0.251. The second-order valence-corrected chi connectivity index (χ2v) is 6.28. The fraction of sp³-hybridized carbons (Fsp3) is 0.286. The van der Waals surface area contributed by atoms with Gasteiger partial charge in [-0.2, -0.15) is 0 Å². The molecule has 9 heteroatoms. The molecule has 0 radical (unpaired) electrons. The highest BCUT2D eigenvalue weighted by atomic mass is 32.2. The van der Waals surface area contributed by atoms with E-state index in [1.165, 1.54) is 37.3 Å². The minimum absolute atomic E-state index is 0.0791. The lowest BCUT2D eigenvalue weighted by molar-refractivity contribution is -0.129. The molecule has 0 unspecified atom stereocenters. The Morgan fingerprint density at radius 1 is 1.35 bits per heavy atom.